The number of hydrogen-bond acceptors (Lipinski definition) is 3. The van der Waals surface area contributed by atoms with Crippen LogP contribution in [0.15, 0.2) is 53.4 Å². The van der Waals surface area contributed by atoms with Crippen LogP contribution in [0.3, 0.4) is 0 Å². The van der Waals surface area contributed by atoms with Crippen LogP contribution < -0.4 is 9.46 Å². The SMILES string of the molecule is C#CCOc1ccc(-c2ccc(S(=O)(=O)NCC(C)C)cc2)cc1. The number of benzene rings is 2. The van der Waals surface area contributed by atoms with Crippen molar-refractivity contribution >= 4 is 10.0 Å². The van der Waals surface area contributed by atoms with Gasteiger partial charge in [0, 0.05) is 6.54 Å². The number of ether oxygens (including phenoxy) is 1. The highest BCUT2D eigenvalue weighted by atomic mass is 32.2. The lowest BCUT2D eigenvalue weighted by Crippen LogP contribution is -2.27. The molecule has 2 aromatic rings. The summed E-state index contributed by atoms with van der Waals surface area (Å²) in [5.41, 5.74) is 1.91. The van der Waals surface area contributed by atoms with Crippen molar-refractivity contribution in [2.24, 2.45) is 5.92 Å². The summed E-state index contributed by atoms with van der Waals surface area (Å²) in [5, 5.41) is 0. The first-order chi connectivity index (χ1) is 11.4. The van der Waals surface area contributed by atoms with E-state index in [2.05, 4.69) is 10.6 Å². The van der Waals surface area contributed by atoms with Crippen LogP contribution in [0, 0.1) is 18.3 Å². The van der Waals surface area contributed by atoms with Gasteiger partial charge in [0.05, 0.1) is 4.90 Å². The molecule has 0 heterocycles. The summed E-state index contributed by atoms with van der Waals surface area (Å²) in [6.07, 6.45) is 5.16. The second kappa shape index (κ2) is 8.00. The van der Waals surface area contributed by atoms with Crippen molar-refractivity contribution in [2.75, 3.05) is 13.2 Å². The lowest BCUT2D eigenvalue weighted by atomic mass is 10.1. The van der Waals surface area contributed by atoms with E-state index >= 15 is 0 Å². The highest BCUT2D eigenvalue weighted by molar-refractivity contribution is 7.89. The second-order valence-electron chi connectivity index (χ2n) is 5.79. The highest BCUT2D eigenvalue weighted by Gasteiger charge is 2.14. The quantitative estimate of drug-likeness (QED) is 0.785. The van der Waals surface area contributed by atoms with Gasteiger partial charge in [0.25, 0.3) is 0 Å². The van der Waals surface area contributed by atoms with Gasteiger partial charge in [-0.05, 0) is 41.3 Å². The zero-order chi connectivity index (χ0) is 17.6. The fraction of sp³-hybridized carbons (Fsp3) is 0.263. The van der Waals surface area contributed by atoms with Gasteiger partial charge in [0.2, 0.25) is 10.0 Å². The van der Waals surface area contributed by atoms with E-state index in [9.17, 15) is 8.42 Å². The minimum Gasteiger partial charge on any atom is -0.481 e. The second-order valence-corrected chi connectivity index (χ2v) is 7.55. The Bertz CT molecular complexity index is 801. The Labute approximate surface area is 143 Å². The van der Waals surface area contributed by atoms with Gasteiger partial charge < -0.3 is 4.74 Å². The summed E-state index contributed by atoms with van der Waals surface area (Å²) in [7, 11) is -3.46. The Hall–Kier alpha value is -2.29. The van der Waals surface area contributed by atoms with E-state index in [1.807, 2.05) is 38.1 Å². The minimum atomic E-state index is -3.46. The molecule has 0 aliphatic carbocycles. The predicted molar refractivity (Wildman–Crippen MR) is 96.2 cm³/mol. The maximum Gasteiger partial charge on any atom is 0.240 e. The van der Waals surface area contributed by atoms with E-state index in [1.54, 1.807) is 24.3 Å². The van der Waals surface area contributed by atoms with Crippen molar-refractivity contribution in [3.8, 4) is 29.2 Å². The zero-order valence-electron chi connectivity index (χ0n) is 13.8. The molecule has 0 aliphatic heterocycles. The number of terminal acetylenes is 1. The van der Waals surface area contributed by atoms with Crippen molar-refractivity contribution < 1.29 is 13.2 Å². The van der Waals surface area contributed by atoms with Crippen molar-refractivity contribution in [2.45, 2.75) is 18.7 Å². The molecule has 0 aliphatic rings. The molecule has 5 heteroatoms. The first kappa shape index (κ1) is 18.1. The van der Waals surface area contributed by atoms with E-state index in [1.165, 1.54) is 0 Å². The van der Waals surface area contributed by atoms with Crippen molar-refractivity contribution in [3.63, 3.8) is 0 Å². The first-order valence-corrected chi connectivity index (χ1v) is 9.17. The van der Waals surface area contributed by atoms with Gasteiger partial charge >= 0.3 is 0 Å². The maximum absolute atomic E-state index is 12.2. The topological polar surface area (TPSA) is 55.4 Å². The molecule has 0 saturated carbocycles. The molecular formula is C19H21NO3S. The van der Waals surface area contributed by atoms with Crippen LogP contribution in [0.25, 0.3) is 11.1 Å². The van der Waals surface area contributed by atoms with Crippen molar-refractivity contribution in [3.05, 3.63) is 48.5 Å². The molecule has 4 nitrogen and oxygen atoms in total. The Morgan fingerprint density at radius 2 is 1.58 bits per heavy atom. The van der Waals surface area contributed by atoms with Gasteiger partial charge in [-0.2, -0.15) is 0 Å². The number of rotatable bonds is 7. The summed E-state index contributed by atoms with van der Waals surface area (Å²) < 4.78 is 32.3. The molecule has 0 saturated heterocycles. The van der Waals surface area contributed by atoms with E-state index < -0.39 is 10.0 Å². The molecule has 0 fully saturated rings. The number of nitrogens with one attached hydrogen (secondary N) is 1. The van der Waals surface area contributed by atoms with E-state index in [0.717, 1.165) is 11.1 Å². The molecular weight excluding hydrogens is 322 g/mol. The minimum absolute atomic E-state index is 0.231. The molecule has 2 aromatic carbocycles. The summed E-state index contributed by atoms with van der Waals surface area (Å²) in [6, 6.07) is 14.3. The van der Waals surface area contributed by atoms with Crippen LogP contribution in [0.1, 0.15) is 13.8 Å². The molecule has 0 radical (unpaired) electrons. The van der Waals surface area contributed by atoms with Gasteiger partial charge in [-0.3, -0.25) is 0 Å². The molecule has 24 heavy (non-hydrogen) atoms. The third kappa shape index (κ3) is 4.85. The molecule has 1 N–H and O–H groups in total. The summed E-state index contributed by atoms with van der Waals surface area (Å²) in [6.45, 7) is 4.57. The third-order valence-electron chi connectivity index (χ3n) is 3.36. The van der Waals surface area contributed by atoms with E-state index in [4.69, 9.17) is 11.2 Å². The van der Waals surface area contributed by atoms with Crippen LogP contribution in [-0.2, 0) is 10.0 Å². The fourth-order valence-electron chi connectivity index (χ4n) is 2.05. The maximum atomic E-state index is 12.2. The lowest BCUT2D eigenvalue weighted by Gasteiger charge is -2.10. The van der Waals surface area contributed by atoms with Crippen LogP contribution in [0.2, 0.25) is 0 Å². The van der Waals surface area contributed by atoms with Gasteiger partial charge in [0.1, 0.15) is 12.4 Å². The summed E-state index contributed by atoms with van der Waals surface area (Å²) in [4.78, 5) is 0.265. The zero-order valence-corrected chi connectivity index (χ0v) is 14.6. The Morgan fingerprint density at radius 3 is 2.08 bits per heavy atom. The molecule has 0 atom stereocenters. The molecule has 0 unspecified atom stereocenters. The largest absolute Gasteiger partial charge is 0.481 e. The molecule has 0 spiro atoms. The Kier molecular flexibility index (Phi) is 6.02. The van der Waals surface area contributed by atoms with Crippen molar-refractivity contribution in [1.29, 1.82) is 0 Å². The molecule has 126 valence electrons. The fourth-order valence-corrected chi connectivity index (χ4v) is 3.27. The third-order valence-corrected chi connectivity index (χ3v) is 4.80. The van der Waals surface area contributed by atoms with E-state index in [-0.39, 0.29) is 17.4 Å². The van der Waals surface area contributed by atoms with E-state index in [0.29, 0.717) is 12.3 Å². The lowest BCUT2D eigenvalue weighted by molar-refractivity contribution is 0.370. The number of hydrogen-bond donors (Lipinski definition) is 1. The van der Waals surface area contributed by atoms with Crippen LogP contribution in [0.5, 0.6) is 5.75 Å². The smallest absolute Gasteiger partial charge is 0.240 e. The van der Waals surface area contributed by atoms with Crippen LogP contribution >= 0.6 is 0 Å². The van der Waals surface area contributed by atoms with Gasteiger partial charge in [-0.25, -0.2) is 13.1 Å². The van der Waals surface area contributed by atoms with Gasteiger partial charge in [-0.15, -0.1) is 6.42 Å². The molecule has 0 bridgehead atoms. The standard InChI is InChI=1S/C19H21NO3S/c1-4-13-23-18-9-5-16(6-10-18)17-7-11-19(12-8-17)24(21,22)20-14-15(2)3/h1,5-12,15,20H,13-14H2,2-3H3. The van der Waals surface area contributed by atoms with Crippen LogP contribution in [-0.4, -0.2) is 21.6 Å². The molecule has 2 rings (SSSR count). The molecule has 0 aromatic heterocycles. The summed E-state index contributed by atoms with van der Waals surface area (Å²) in [5.74, 6) is 3.38. The van der Waals surface area contributed by atoms with Crippen LogP contribution in [0.4, 0.5) is 0 Å². The predicted octanol–water partition coefficient (Wildman–Crippen LogP) is 3.30. The Morgan fingerprint density at radius 1 is 1.04 bits per heavy atom. The monoisotopic (exact) mass is 343 g/mol. The molecule has 0 amide bonds. The summed E-state index contributed by atoms with van der Waals surface area (Å²) >= 11 is 0. The first-order valence-electron chi connectivity index (χ1n) is 7.69. The highest BCUT2D eigenvalue weighted by Crippen LogP contribution is 2.24. The van der Waals surface area contributed by atoms with Crippen molar-refractivity contribution in [1.82, 2.24) is 4.72 Å². The average molecular weight is 343 g/mol. The average Bonchev–Trinajstić information content (AvgIpc) is 2.59. The van der Waals surface area contributed by atoms with Gasteiger partial charge in [-0.1, -0.05) is 44.0 Å². The normalized spacial score (nSPS) is 11.2. The number of sulfonamides is 1. The Balaban J connectivity index is 2.13. The van der Waals surface area contributed by atoms with Gasteiger partial charge in [0.15, 0.2) is 0 Å².